The predicted octanol–water partition coefficient (Wildman–Crippen LogP) is 5.50. The van der Waals surface area contributed by atoms with Crippen molar-refractivity contribution in [1.29, 1.82) is 0 Å². The number of rotatable bonds is 3. The van der Waals surface area contributed by atoms with Gasteiger partial charge >= 0.3 is 0 Å². The number of carbonyl (C=O) groups is 1. The lowest BCUT2D eigenvalue weighted by molar-refractivity contribution is 0.0860. The number of benzene rings is 2. The van der Waals surface area contributed by atoms with Crippen LogP contribution in [-0.4, -0.2) is 29.1 Å². The van der Waals surface area contributed by atoms with Gasteiger partial charge in [-0.1, -0.05) is 53.2 Å². The fraction of sp³-hybridized carbons (Fsp3) is 0.176. The van der Waals surface area contributed by atoms with E-state index in [9.17, 15) is 4.79 Å². The number of thioether (sulfide) groups is 1. The summed E-state index contributed by atoms with van der Waals surface area (Å²) in [5.41, 5.74) is 1.60. The van der Waals surface area contributed by atoms with Crippen molar-refractivity contribution in [1.82, 2.24) is 4.90 Å². The van der Waals surface area contributed by atoms with E-state index in [1.807, 2.05) is 36.4 Å². The van der Waals surface area contributed by atoms with Crippen molar-refractivity contribution in [3.63, 3.8) is 0 Å². The molecule has 24 heavy (non-hydrogen) atoms. The van der Waals surface area contributed by atoms with Gasteiger partial charge in [0.2, 0.25) is 0 Å². The number of amidine groups is 1. The fourth-order valence-electron chi connectivity index (χ4n) is 2.30. The van der Waals surface area contributed by atoms with Gasteiger partial charge in [-0.15, -0.1) is 0 Å². The Bertz CT molecular complexity index is 813. The van der Waals surface area contributed by atoms with Gasteiger partial charge in [0, 0.05) is 26.8 Å². The van der Waals surface area contributed by atoms with Gasteiger partial charge in [0.1, 0.15) is 0 Å². The second-order valence-corrected chi connectivity index (χ2v) is 7.77. The molecule has 0 aliphatic carbocycles. The molecular formula is C17H13BrCl2N2OS. The lowest BCUT2D eigenvalue weighted by Crippen LogP contribution is -2.33. The summed E-state index contributed by atoms with van der Waals surface area (Å²) in [5.74, 6) is 0.586. The van der Waals surface area contributed by atoms with E-state index < -0.39 is 0 Å². The van der Waals surface area contributed by atoms with Crippen LogP contribution in [0.15, 0.2) is 51.9 Å². The molecule has 0 aromatic heterocycles. The first kappa shape index (κ1) is 17.8. The number of hydrogen-bond donors (Lipinski definition) is 0. The molecule has 0 saturated carbocycles. The standard InChI is InChI=1S/C17H13BrCl2N2OS/c18-14-4-2-1-3-13(14)16(23)22-8-7-21-17(22)24-10-11-5-6-12(19)9-15(11)20/h1-6,9H,7-8,10H2. The highest BCUT2D eigenvalue weighted by atomic mass is 79.9. The second kappa shape index (κ2) is 7.91. The first-order chi connectivity index (χ1) is 11.6. The van der Waals surface area contributed by atoms with E-state index in [4.69, 9.17) is 23.2 Å². The zero-order chi connectivity index (χ0) is 17.1. The summed E-state index contributed by atoms with van der Waals surface area (Å²) in [5, 5.41) is 1.96. The Balaban J connectivity index is 1.72. The molecule has 2 aromatic carbocycles. The minimum Gasteiger partial charge on any atom is -0.286 e. The fourth-order valence-corrected chi connectivity index (χ4v) is 4.36. The lowest BCUT2D eigenvalue weighted by atomic mass is 10.2. The van der Waals surface area contributed by atoms with Crippen molar-refractivity contribution in [2.75, 3.05) is 13.1 Å². The van der Waals surface area contributed by atoms with Crippen LogP contribution < -0.4 is 0 Å². The average Bonchev–Trinajstić information content (AvgIpc) is 3.02. The van der Waals surface area contributed by atoms with Gasteiger partial charge < -0.3 is 0 Å². The number of amides is 1. The maximum absolute atomic E-state index is 12.8. The molecule has 3 nitrogen and oxygen atoms in total. The molecule has 0 saturated heterocycles. The molecular weight excluding hydrogens is 431 g/mol. The molecule has 124 valence electrons. The normalized spacial score (nSPS) is 14.0. The van der Waals surface area contributed by atoms with Crippen LogP contribution in [0.4, 0.5) is 0 Å². The number of aliphatic imine (C=N–C) groups is 1. The molecule has 0 radical (unpaired) electrons. The zero-order valence-electron chi connectivity index (χ0n) is 12.5. The van der Waals surface area contributed by atoms with Gasteiger partial charge in [0.25, 0.3) is 5.91 Å². The molecule has 1 aliphatic heterocycles. The molecule has 0 fully saturated rings. The number of halogens is 3. The van der Waals surface area contributed by atoms with Gasteiger partial charge in [0.15, 0.2) is 5.17 Å². The first-order valence-corrected chi connectivity index (χ1v) is 9.77. The molecule has 7 heteroatoms. The Morgan fingerprint density at radius 1 is 1.25 bits per heavy atom. The molecule has 3 rings (SSSR count). The number of nitrogens with zero attached hydrogens (tertiary/aromatic N) is 2. The third-order valence-corrected chi connectivity index (χ3v) is 5.86. The van der Waals surface area contributed by atoms with Crippen LogP contribution >= 0.6 is 50.9 Å². The quantitative estimate of drug-likeness (QED) is 0.627. The van der Waals surface area contributed by atoms with E-state index in [0.29, 0.717) is 34.5 Å². The van der Waals surface area contributed by atoms with E-state index >= 15 is 0 Å². The number of hydrogen-bond acceptors (Lipinski definition) is 3. The smallest absolute Gasteiger partial charge is 0.261 e. The van der Waals surface area contributed by atoms with Crippen molar-refractivity contribution in [2.45, 2.75) is 5.75 Å². The van der Waals surface area contributed by atoms with Crippen molar-refractivity contribution < 1.29 is 4.79 Å². The predicted molar refractivity (Wildman–Crippen MR) is 105 cm³/mol. The highest BCUT2D eigenvalue weighted by molar-refractivity contribution is 9.10. The maximum atomic E-state index is 12.8. The molecule has 1 amide bonds. The second-order valence-electron chi connectivity index (χ2n) is 5.13. The third-order valence-electron chi connectivity index (χ3n) is 3.52. The summed E-state index contributed by atoms with van der Waals surface area (Å²) in [6.07, 6.45) is 0. The van der Waals surface area contributed by atoms with Crippen molar-refractivity contribution >= 4 is 62.0 Å². The van der Waals surface area contributed by atoms with Crippen LogP contribution in [0, 0.1) is 0 Å². The van der Waals surface area contributed by atoms with E-state index in [2.05, 4.69) is 20.9 Å². The minimum absolute atomic E-state index is 0.0478. The van der Waals surface area contributed by atoms with Crippen molar-refractivity contribution in [3.8, 4) is 0 Å². The summed E-state index contributed by atoms with van der Waals surface area (Å²) in [4.78, 5) is 18.9. The lowest BCUT2D eigenvalue weighted by Gasteiger charge is -2.18. The number of carbonyl (C=O) groups excluding carboxylic acids is 1. The van der Waals surface area contributed by atoms with E-state index in [-0.39, 0.29) is 5.91 Å². The first-order valence-electron chi connectivity index (χ1n) is 7.24. The molecule has 0 bridgehead atoms. The maximum Gasteiger partial charge on any atom is 0.261 e. The molecule has 1 heterocycles. The summed E-state index contributed by atoms with van der Waals surface area (Å²) < 4.78 is 0.784. The molecule has 0 unspecified atom stereocenters. The van der Waals surface area contributed by atoms with Crippen LogP contribution in [0.25, 0.3) is 0 Å². The summed E-state index contributed by atoms with van der Waals surface area (Å²) in [6.45, 7) is 1.21. The van der Waals surface area contributed by atoms with Crippen LogP contribution in [0.5, 0.6) is 0 Å². The van der Waals surface area contributed by atoms with Crippen LogP contribution in [-0.2, 0) is 5.75 Å². The third kappa shape index (κ3) is 3.97. The molecule has 0 N–H and O–H groups in total. The highest BCUT2D eigenvalue weighted by Crippen LogP contribution is 2.28. The Hall–Kier alpha value is -1.01. The minimum atomic E-state index is -0.0478. The van der Waals surface area contributed by atoms with Gasteiger partial charge in [-0.05, 0) is 45.8 Å². The SMILES string of the molecule is O=C(c1ccccc1Br)N1CCN=C1SCc1ccc(Cl)cc1Cl. The van der Waals surface area contributed by atoms with E-state index in [1.165, 1.54) is 11.8 Å². The van der Waals surface area contributed by atoms with Gasteiger partial charge in [-0.3, -0.25) is 14.7 Å². The van der Waals surface area contributed by atoms with Crippen molar-refractivity contribution in [3.05, 3.63) is 68.1 Å². The highest BCUT2D eigenvalue weighted by Gasteiger charge is 2.26. The summed E-state index contributed by atoms with van der Waals surface area (Å²) in [7, 11) is 0. The monoisotopic (exact) mass is 442 g/mol. The van der Waals surface area contributed by atoms with Gasteiger partial charge in [0.05, 0.1) is 12.1 Å². The topological polar surface area (TPSA) is 32.7 Å². The van der Waals surface area contributed by atoms with Crippen molar-refractivity contribution in [2.24, 2.45) is 4.99 Å². The average molecular weight is 444 g/mol. The molecule has 0 spiro atoms. The van der Waals surface area contributed by atoms with Gasteiger partial charge in [-0.2, -0.15) is 0 Å². The van der Waals surface area contributed by atoms with E-state index in [1.54, 1.807) is 11.0 Å². The van der Waals surface area contributed by atoms with Crippen LogP contribution in [0.2, 0.25) is 10.0 Å². The van der Waals surface area contributed by atoms with Gasteiger partial charge in [-0.25, -0.2) is 0 Å². The zero-order valence-corrected chi connectivity index (χ0v) is 16.4. The van der Waals surface area contributed by atoms with Crippen LogP contribution in [0.1, 0.15) is 15.9 Å². The Labute approximate surface area is 163 Å². The Morgan fingerprint density at radius 2 is 2.04 bits per heavy atom. The molecule has 1 aliphatic rings. The molecule has 0 atom stereocenters. The van der Waals surface area contributed by atoms with Crippen LogP contribution in [0.3, 0.4) is 0 Å². The summed E-state index contributed by atoms with van der Waals surface area (Å²) >= 11 is 17.1. The summed E-state index contributed by atoms with van der Waals surface area (Å²) in [6, 6.07) is 12.8. The van der Waals surface area contributed by atoms with E-state index in [0.717, 1.165) is 15.2 Å². The largest absolute Gasteiger partial charge is 0.286 e. The molecule has 2 aromatic rings. The Morgan fingerprint density at radius 3 is 2.79 bits per heavy atom. The Kier molecular flexibility index (Phi) is 5.87.